The first kappa shape index (κ1) is 19.0. The molecule has 8 heteroatoms. The highest BCUT2D eigenvalue weighted by Gasteiger charge is 2.23. The average Bonchev–Trinajstić information content (AvgIpc) is 3.16. The Morgan fingerprint density at radius 1 is 1.24 bits per heavy atom. The van der Waals surface area contributed by atoms with Crippen LogP contribution in [0.3, 0.4) is 0 Å². The first-order chi connectivity index (χ1) is 14.1. The molecule has 0 aliphatic heterocycles. The summed E-state index contributed by atoms with van der Waals surface area (Å²) in [7, 11) is 1.51. The van der Waals surface area contributed by atoms with Crippen molar-refractivity contribution in [3.05, 3.63) is 48.2 Å². The topological polar surface area (TPSA) is 86.1 Å². The van der Waals surface area contributed by atoms with E-state index in [4.69, 9.17) is 4.74 Å². The molecule has 7 nitrogen and oxygen atoms in total. The number of benzene rings is 1. The van der Waals surface area contributed by atoms with Gasteiger partial charge in [0.05, 0.1) is 36.1 Å². The normalized spacial score (nSPS) is 19.1. The van der Waals surface area contributed by atoms with E-state index < -0.39 is 11.7 Å². The lowest BCUT2D eigenvalue weighted by molar-refractivity contribution is -0.112. The van der Waals surface area contributed by atoms with E-state index in [1.807, 2.05) is 10.9 Å². The lowest BCUT2D eigenvalue weighted by Crippen LogP contribution is -2.19. The molecule has 1 amide bonds. The Morgan fingerprint density at radius 3 is 2.72 bits per heavy atom. The van der Waals surface area contributed by atoms with E-state index in [1.54, 1.807) is 12.1 Å². The number of pyridine rings is 1. The number of aldehydes is 1. The van der Waals surface area contributed by atoms with Gasteiger partial charge in [0.25, 0.3) is 5.91 Å². The molecular formula is C21H21FN4O3. The SMILES string of the molecule is COc1cc2nn([C@H]3CC[C@H](C=O)CC3)cc2cc1NC(=O)c1cncc(F)c1. The summed E-state index contributed by atoms with van der Waals surface area (Å²) in [6.45, 7) is 0. The summed E-state index contributed by atoms with van der Waals surface area (Å²) in [6, 6.07) is 4.93. The first-order valence-electron chi connectivity index (χ1n) is 9.51. The molecule has 0 saturated heterocycles. The second-order valence-corrected chi connectivity index (χ2v) is 7.27. The predicted molar refractivity (Wildman–Crippen MR) is 105 cm³/mol. The quantitative estimate of drug-likeness (QED) is 0.664. The number of carbonyl (C=O) groups excluding carboxylic acids is 2. The van der Waals surface area contributed by atoms with E-state index >= 15 is 0 Å². The Balaban J connectivity index is 1.60. The van der Waals surface area contributed by atoms with Crippen molar-refractivity contribution in [2.75, 3.05) is 12.4 Å². The highest BCUT2D eigenvalue weighted by atomic mass is 19.1. The molecule has 3 aromatic rings. The molecule has 4 rings (SSSR count). The third kappa shape index (κ3) is 3.96. The molecule has 0 spiro atoms. The lowest BCUT2D eigenvalue weighted by Gasteiger charge is -2.25. The number of nitrogens with zero attached hydrogens (tertiary/aromatic N) is 3. The Hall–Kier alpha value is -3.29. The van der Waals surface area contributed by atoms with Crippen LogP contribution in [-0.4, -0.2) is 34.1 Å². The van der Waals surface area contributed by atoms with Crippen molar-refractivity contribution >= 4 is 28.8 Å². The standard InChI is InChI=1S/C21H21FN4O3/c1-29-20-8-18-15(11-26(25-18)17-4-2-13(12-27)3-5-17)7-19(20)24-21(28)14-6-16(22)10-23-9-14/h6-13,17H,2-5H2,1H3,(H,24,28)/t13-,17-. The predicted octanol–water partition coefficient (Wildman–Crippen LogP) is 3.76. The molecule has 1 saturated carbocycles. The summed E-state index contributed by atoms with van der Waals surface area (Å²) in [6.07, 6.45) is 8.89. The summed E-state index contributed by atoms with van der Waals surface area (Å²) in [4.78, 5) is 27.1. The molecule has 1 aromatic carbocycles. The van der Waals surface area contributed by atoms with Crippen molar-refractivity contribution in [1.29, 1.82) is 0 Å². The first-order valence-corrected chi connectivity index (χ1v) is 9.51. The zero-order chi connectivity index (χ0) is 20.4. The van der Waals surface area contributed by atoms with Gasteiger partial charge < -0.3 is 14.8 Å². The molecular weight excluding hydrogens is 375 g/mol. The molecule has 0 radical (unpaired) electrons. The van der Waals surface area contributed by atoms with Gasteiger partial charge in [0.2, 0.25) is 0 Å². The third-order valence-electron chi connectivity index (χ3n) is 5.37. The Kier molecular flexibility index (Phi) is 5.24. The number of rotatable bonds is 5. The molecule has 0 unspecified atom stereocenters. The van der Waals surface area contributed by atoms with Crippen LogP contribution in [0.5, 0.6) is 5.75 Å². The van der Waals surface area contributed by atoms with Gasteiger partial charge in [-0.05, 0) is 37.8 Å². The minimum Gasteiger partial charge on any atom is -0.494 e. The number of amides is 1. The van der Waals surface area contributed by atoms with Crippen LogP contribution in [-0.2, 0) is 4.79 Å². The highest BCUT2D eigenvalue weighted by molar-refractivity contribution is 6.06. The van der Waals surface area contributed by atoms with Gasteiger partial charge in [0.15, 0.2) is 0 Å². The largest absolute Gasteiger partial charge is 0.494 e. The maximum absolute atomic E-state index is 13.3. The van der Waals surface area contributed by atoms with Crippen molar-refractivity contribution in [3.8, 4) is 5.75 Å². The molecule has 0 bridgehead atoms. The Labute approximate surface area is 166 Å². The number of ether oxygens (including phenoxy) is 1. The van der Waals surface area contributed by atoms with Gasteiger partial charge >= 0.3 is 0 Å². The van der Waals surface area contributed by atoms with Crippen LogP contribution in [0.1, 0.15) is 42.1 Å². The molecule has 1 aliphatic rings. The molecule has 29 heavy (non-hydrogen) atoms. The van der Waals surface area contributed by atoms with Crippen molar-refractivity contribution < 1.29 is 18.7 Å². The summed E-state index contributed by atoms with van der Waals surface area (Å²) < 4.78 is 20.7. The highest BCUT2D eigenvalue weighted by Crippen LogP contribution is 2.34. The number of fused-ring (bicyclic) bond motifs is 1. The second kappa shape index (κ2) is 7.98. The van der Waals surface area contributed by atoms with Gasteiger partial charge in [0, 0.05) is 29.8 Å². The number of anilines is 1. The van der Waals surface area contributed by atoms with Crippen molar-refractivity contribution in [3.63, 3.8) is 0 Å². The maximum atomic E-state index is 13.3. The fourth-order valence-electron chi connectivity index (χ4n) is 3.76. The average molecular weight is 396 g/mol. The van der Waals surface area contributed by atoms with Crippen LogP contribution in [0.15, 0.2) is 36.8 Å². The number of hydrogen-bond donors (Lipinski definition) is 1. The summed E-state index contributed by atoms with van der Waals surface area (Å²) in [5.74, 6) is -0.444. The molecule has 1 N–H and O–H groups in total. The monoisotopic (exact) mass is 396 g/mol. The van der Waals surface area contributed by atoms with E-state index in [2.05, 4.69) is 15.4 Å². The molecule has 150 valence electrons. The van der Waals surface area contributed by atoms with Crippen molar-refractivity contribution in [2.45, 2.75) is 31.7 Å². The summed E-state index contributed by atoms with van der Waals surface area (Å²) >= 11 is 0. The van der Waals surface area contributed by atoms with E-state index in [0.717, 1.165) is 55.1 Å². The smallest absolute Gasteiger partial charge is 0.257 e. The lowest BCUT2D eigenvalue weighted by atomic mass is 9.87. The molecule has 1 aliphatic carbocycles. The van der Waals surface area contributed by atoms with Crippen molar-refractivity contribution in [2.24, 2.45) is 5.92 Å². The van der Waals surface area contributed by atoms with Crippen LogP contribution in [0.25, 0.3) is 10.9 Å². The van der Waals surface area contributed by atoms with Crippen LogP contribution in [0.4, 0.5) is 10.1 Å². The molecule has 2 aromatic heterocycles. The fourth-order valence-corrected chi connectivity index (χ4v) is 3.76. The van der Waals surface area contributed by atoms with Gasteiger partial charge in [-0.1, -0.05) is 0 Å². The van der Waals surface area contributed by atoms with E-state index in [-0.39, 0.29) is 17.5 Å². The fraction of sp³-hybridized carbons (Fsp3) is 0.333. The Bertz CT molecular complexity index is 1060. The number of nitrogens with one attached hydrogen (secondary N) is 1. The molecule has 1 fully saturated rings. The third-order valence-corrected chi connectivity index (χ3v) is 5.37. The molecule has 2 heterocycles. The van der Waals surface area contributed by atoms with Crippen LogP contribution in [0, 0.1) is 11.7 Å². The summed E-state index contributed by atoms with van der Waals surface area (Å²) in [5, 5.41) is 8.27. The van der Waals surface area contributed by atoms with Gasteiger partial charge in [-0.2, -0.15) is 5.10 Å². The zero-order valence-electron chi connectivity index (χ0n) is 16.0. The second-order valence-electron chi connectivity index (χ2n) is 7.27. The number of aromatic nitrogens is 3. The summed E-state index contributed by atoms with van der Waals surface area (Å²) in [5.41, 5.74) is 1.35. The minimum absolute atomic E-state index is 0.120. The number of hydrogen-bond acceptors (Lipinski definition) is 5. The van der Waals surface area contributed by atoms with Crippen LogP contribution >= 0.6 is 0 Å². The zero-order valence-corrected chi connectivity index (χ0v) is 16.0. The number of methoxy groups -OCH3 is 1. The number of halogens is 1. The van der Waals surface area contributed by atoms with E-state index in [9.17, 15) is 14.0 Å². The number of carbonyl (C=O) groups is 2. The van der Waals surface area contributed by atoms with Crippen LogP contribution < -0.4 is 10.1 Å². The maximum Gasteiger partial charge on any atom is 0.257 e. The molecule has 0 atom stereocenters. The van der Waals surface area contributed by atoms with E-state index in [1.165, 1.54) is 13.3 Å². The Morgan fingerprint density at radius 2 is 2.03 bits per heavy atom. The minimum atomic E-state index is -0.578. The van der Waals surface area contributed by atoms with Gasteiger partial charge in [-0.3, -0.25) is 14.5 Å². The van der Waals surface area contributed by atoms with Gasteiger partial charge in [0.1, 0.15) is 17.9 Å². The van der Waals surface area contributed by atoms with Crippen molar-refractivity contribution in [1.82, 2.24) is 14.8 Å². The van der Waals surface area contributed by atoms with Gasteiger partial charge in [-0.25, -0.2) is 4.39 Å². The van der Waals surface area contributed by atoms with Crippen LogP contribution in [0.2, 0.25) is 0 Å². The van der Waals surface area contributed by atoms with Gasteiger partial charge in [-0.15, -0.1) is 0 Å². The van der Waals surface area contributed by atoms with E-state index in [0.29, 0.717) is 11.4 Å².